The fourth-order valence-corrected chi connectivity index (χ4v) is 4.07. The summed E-state index contributed by atoms with van der Waals surface area (Å²) in [6.45, 7) is 4.93. The van der Waals surface area contributed by atoms with Crippen molar-refractivity contribution in [3.05, 3.63) is 10.1 Å². The summed E-state index contributed by atoms with van der Waals surface area (Å²) in [5.74, 6) is -2.57. The van der Waals surface area contributed by atoms with E-state index < -0.39 is 58.6 Å². The summed E-state index contributed by atoms with van der Waals surface area (Å²) in [6, 6.07) is -4.68. The Morgan fingerprint density at radius 1 is 1.13 bits per heavy atom. The van der Waals surface area contributed by atoms with Gasteiger partial charge in [0.25, 0.3) is 0 Å². The molecule has 0 aliphatic carbocycles. The lowest BCUT2D eigenvalue weighted by Gasteiger charge is -2.27. The number of carbonyl (C=O) groups is 4. The first-order valence-corrected chi connectivity index (χ1v) is 12.4. The fourth-order valence-electron chi connectivity index (χ4n) is 4.07. The standard InChI is InChI=1S/C22H40N8O8/c1-22(2,3)38-21(35)29(30(36)37)15(9-5-11-27-20(25)26)17(31)13(23)7-4-8-14(24)18(32)28-12-6-10-16(28)19(33)34/h13-16H,4-12,23-24H2,1-3H3,(H,33,34)(H4,25,26,27)/t13?,14-,15-,16-/m0/s1. The number of Topliss-reactive ketones (excluding diaryl/α,β-unsaturated/α-hetero) is 1. The van der Waals surface area contributed by atoms with E-state index in [4.69, 9.17) is 27.7 Å². The number of nitro groups is 1. The quantitative estimate of drug-likeness (QED) is 0.0597. The summed E-state index contributed by atoms with van der Waals surface area (Å²) in [6.07, 6.45) is -0.0964. The van der Waals surface area contributed by atoms with E-state index in [1.165, 1.54) is 25.7 Å². The molecule has 0 saturated carbocycles. The Hall–Kier alpha value is -3.53. The van der Waals surface area contributed by atoms with Gasteiger partial charge in [-0.3, -0.25) is 14.6 Å². The lowest BCUT2D eigenvalue weighted by Crippen LogP contribution is -2.54. The number of carboxylic acids is 1. The maximum Gasteiger partial charge on any atom is 0.469 e. The van der Waals surface area contributed by atoms with E-state index in [1.807, 2.05) is 0 Å². The van der Waals surface area contributed by atoms with Crippen LogP contribution in [-0.4, -0.2) is 92.6 Å². The predicted molar refractivity (Wildman–Crippen MR) is 136 cm³/mol. The van der Waals surface area contributed by atoms with Crippen LogP contribution >= 0.6 is 0 Å². The van der Waals surface area contributed by atoms with E-state index in [0.29, 0.717) is 19.4 Å². The first-order valence-electron chi connectivity index (χ1n) is 12.4. The molecular formula is C22H40N8O8. The zero-order valence-corrected chi connectivity index (χ0v) is 22.1. The number of nitrogens with zero attached hydrogens (tertiary/aromatic N) is 4. The average Bonchev–Trinajstić information content (AvgIpc) is 3.28. The van der Waals surface area contributed by atoms with E-state index in [0.717, 1.165) is 0 Å². The summed E-state index contributed by atoms with van der Waals surface area (Å²) in [4.78, 5) is 66.5. The monoisotopic (exact) mass is 544 g/mol. The molecule has 1 heterocycles. The molecule has 1 aliphatic rings. The van der Waals surface area contributed by atoms with Crippen LogP contribution < -0.4 is 22.9 Å². The van der Waals surface area contributed by atoms with Crippen LogP contribution in [0, 0.1) is 10.1 Å². The summed E-state index contributed by atoms with van der Waals surface area (Å²) >= 11 is 0. The SMILES string of the molecule is CC(C)(C)OC(=O)N([C@@H](CCCN=C(N)N)C(=O)C(N)CCC[C@H](N)C(=O)N1CCC[C@H]1C(=O)O)[N+](=O)[O-]. The Morgan fingerprint density at radius 3 is 2.26 bits per heavy atom. The molecular weight excluding hydrogens is 504 g/mol. The van der Waals surface area contributed by atoms with Crippen LogP contribution in [0.1, 0.15) is 65.7 Å². The van der Waals surface area contributed by atoms with Crippen molar-refractivity contribution in [3.8, 4) is 0 Å². The van der Waals surface area contributed by atoms with Crippen molar-refractivity contribution in [2.75, 3.05) is 13.1 Å². The molecule has 1 rings (SSSR count). The molecule has 1 fully saturated rings. The normalized spacial score (nSPS) is 17.7. The minimum Gasteiger partial charge on any atom is -0.480 e. The van der Waals surface area contributed by atoms with Crippen molar-refractivity contribution in [1.29, 1.82) is 0 Å². The number of hydrazine groups is 1. The molecule has 16 heteroatoms. The molecule has 1 aliphatic heterocycles. The zero-order chi connectivity index (χ0) is 29.2. The van der Waals surface area contributed by atoms with Crippen LogP contribution in [0.5, 0.6) is 0 Å². The Labute approximate surface area is 220 Å². The molecule has 0 spiro atoms. The van der Waals surface area contributed by atoms with Crippen molar-refractivity contribution in [2.24, 2.45) is 27.9 Å². The number of ketones is 1. The van der Waals surface area contributed by atoms with Gasteiger partial charge >= 0.3 is 12.1 Å². The number of hydrogen-bond donors (Lipinski definition) is 5. The van der Waals surface area contributed by atoms with E-state index in [-0.39, 0.29) is 49.6 Å². The van der Waals surface area contributed by atoms with E-state index in [9.17, 15) is 34.4 Å². The van der Waals surface area contributed by atoms with Gasteiger partial charge in [0, 0.05) is 13.1 Å². The molecule has 1 unspecified atom stereocenters. The number of aliphatic imine (C=N–C) groups is 1. The Balaban J connectivity index is 2.90. The van der Waals surface area contributed by atoms with E-state index in [2.05, 4.69) is 4.99 Å². The van der Waals surface area contributed by atoms with Gasteiger partial charge in [0.1, 0.15) is 11.6 Å². The van der Waals surface area contributed by atoms with Crippen LogP contribution in [-0.2, 0) is 19.1 Å². The number of likely N-dealkylation sites (tertiary alicyclic amines) is 1. The van der Waals surface area contributed by atoms with Crippen molar-refractivity contribution in [1.82, 2.24) is 9.91 Å². The molecule has 16 nitrogen and oxygen atoms in total. The largest absolute Gasteiger partial charge is 0.480 e. The topological polar surface area (TPSA) is 264 Å². The van der Waals surface area contributed by atoms with Gasteiger partial charge in [-0.15, -0.1) is 0 Å². The molecule has 0 aromatic carbocycles. The summed E-state index contributed by atoms with van der Waals surface area (Å²) in [5, 5.41) is 20.2. The molecule has 0 bridgehead atoms. The molecule has 9 N–H and O–H groups in total. The van der Waals surface area contributed by atoms with Crippen molar-refractivity contribution < 1.29 is 34.1 Å². The summed E-state index contributed by atoms with van der Waals surface area (Å²) in [5.41, 5.74) is 21.5. The minimum atomic E-state index is -1.56. The van der Waals surface area contributed by atoms with E-state index in [1.54, 1.807) is 0 Å². The molecule has 0 radical (unpaired) electrons. The molecule has 0 aromatic rings. The van der Waals surface area contributed by atoms with Crippen LogP contribution in [0.3, 0.4) is 0 Å². The molecule has 2 amide bonds. The third kappa shape index (κ3) is 10.1. The van der Waals surface area contributed by atoms with Crippen molar-refractivity contribution >= 4 is 29.7 Å². The van der Waals surface area contributed by atoms with Gasteiger partial charge in [-0.05, 0) is 70.7 Å². The third-order valence-corrected chi connectivity index (χ3v) is 5.84. The number of carbonyl (C=O) groups excluding carboxylic acids is 3. The lowest BCUT2D eigenvalue weighted by molar-refractivity contribution is -0.641. The summed E-state index contributed by atoms with van der Waals surface area (Å²) in [7, 11) is 0. The number of ether oxygens (including phenoxy) is 1. The highest BCUT2D eigenvalue weighted by Gasteiger charge is 2.43. The van der Waals surface area contributed by atoms with Crippen molar-refractivity contribution in [2.45, 2.75) is 95.5 Å². The smallest absolute Gasteiger partial charge is 0.469 e. The number of nitrogens with two attached hydrogens (primary N) is 4. The van der Waals surface area contributed by atoms with Crippen LogP contribution in [0.2, 0.25) is 0 Å². The highest BCUT2D eigenvalue weighted by Crippen LogP contribution is 2.20. The first kappa shape index (κ1) is 32.5. The molecule has 0 aromatic heterocycles. The number of hydrogen-bond acceptors (Lipinski definition) is 10. The predicted octanol–water partition coefficient (Wildman–Crippen LogP) is -0.693. The highest BCUT2D eigenvalue weighted by molar-refractivity contribution is 5.91. The van der Waals surface area contributed by atoms with Gasteiger partial charge in [-0.1, -0.05) is 0 Å². The minimum absolute atomic E-state index is 0.0203. The van der Waals surface area contributed by atoms with Gasteiger partial charge in [0.2, 0.25) is 5.91 Å². The van der Waals surface area contributed by atoms with Crippen LogP contribution in [0.25, 0.3) is 0 Å². The molecule has 4 atom stereocenters. The maximum absolute atomic E-state index is 13.2. The van der Waals surface area contributed by atoms with Crippen LogP contribution in [0.4, 0.5) is 4.79 Å². The molecule has 38 heavy (non-hydrogen) atoms. The zero-order valence-electron chi connectivity index (χ0n) is 22.1. The molecule has 1 saturated heterocycles. The maximum atomic E-state index is 13.2. The van der Waals surface area contributed by atoms with Gasteiger partial charge in [-0.2, -0.15) is 0 Å². The lowest BCUT2D eigenvalue weighted by atomic mass is 9.96. The number of guanidine groups is 1. The van der Waals surface area contributed by atoms with Gasteiger partial charge in [0.05, 0.1) is 12.1 Å². The number of aliphatic carboxylic acids is 1. The average molecular weight is 545 g/mol. The Kier molecular flexibility index (Phi) is 12.3. The van der Waals surface area contributed by atoms with Gasteiger partial charge in [-0.25, -0.2) is 19.7 Å². The third-order valence-electron chi connectivity index (χ3n) is 5.84. The fraction of sp³-hybridized carbons (Fsp3) is 0.773. The molecule has 216 valence electrons. The summed E-state index contributed by atoms with van der Waals surface area (Å²) < 4.78 is 5.11. The Morgan fingerprint density at radius 2 is 1.74 bits per heavy atom. The second kappa shape index (κ2) is 14.4. The van der Waals surface area contributed by atoms with Crippen LogP contribution in [0.15, 0.2) is 4.99 Å². The first-order chi connectivity index (χ1) is 17.6. The second-order valence-corrected chi connectivity index (χ2v) is 10.1. The Bertz CT molecular complexity index is 902. The van der Waals surface area contributed by atoms with Gasteiger partial charge in [0.15, 0.2) is 22.8 Å². The second-order valence-electron chi connectivity index (χ2n) is 10.1. The number of rotatable bonds is 14. The van der Waals surface area contributed by atoms with Gasteiger partial charge < -0.3 is 37.7 Å². The highest BCUT2D eigenvalue weighted by atomic mass is 16.7. The van der Waals surface area contributed by atoms with Crippen molar-refractivity contribution in [3.63, 3.8) is 0 Å². The number of amides is 2. The van der Waals surface area contributed by atoms with E-state index >= 15 is 0 Å². The number of carboxylic acid groups (broad SMARTS) is 1.